The Kier molecular flexibility index (Phi) is 5.31. The molecule has 1 amide bonds. The van der Waals surface area contributed by atoms with Crippen molar-refractivity contribution >= 4 is 17.3 Å². The normalized spacial score (nSPS) is 11.5. The van der Waals surface area contributed by atoms with E-state index in [2.05, 4.69) is 5.32 Å². The Morgan fingerprint density at radius 1 is 1.29 bits per heavy atom. The lowest BCUT2D eigenvalue weighted by Gasteiger charge is -2.15. The second-order valence-corrected chi connectivity index (χ2v) is 4.82. The zero-order chi connectivity index (χ0) is 17.7. The first-order valence-electron chi connectivity index (χ1n) is 6.97. The average Bonchev–Trinajstić information content (AvgIpc) is 2.57. The zero-order valence-electron chi connectivity index (χ0n) is 13.0. The van der Waals surface area contributed by atoms with Gasteiger partial charge in [0.2, 0.25) is 0 Å². The topological polar surface area (TPSA) is 90.7 Å². The summed E-state index contributed by atoms with van der Waals surface area (Å²) < 4.78 is 23.8. The van der Waals surface area contributed by atoms with Crippen molar-refractivity contribution in [2.45, 2.75) is 13.0 Å². The number of methoxy groups -OCH3 is 1. The summed E-state index contributed by atoms with van der Waals surface area (Å²) in [5.74, 6) is -1.02. The third kappa shape index (κ3) is 3.97. The van der Waals surface area contributed by atoms with Gasteiger partial charge < -0.3 is 14.8 Å². The molecule has 1 atom stereocenters. The number of anilines is 1. The monoisotopic (exact) mass is 334 g/mol. The van der Waals surface area contributed by atoms with Gasteiger partial charge in [0.1, 0.15) is 11.6 Å². The largest absolute Gasteiger partial charge is 0.496 e. The standard InChI is InChI=1S/C16H15FN2O5/c1-10(16(20)18-13-6-4-3-5-12(13)17)24-15-8-7-11(23-2)9-14(15)19(21)22/h3-10H,1-2H3,(H,18,20)/t10-/m1/s1. The van der Waals surface area contributed by atoms with Gasteiger partial charge in [-0.1, -0.05) is 12.1 Å². The number of ether oxygens (including phenoxy) is 2. The summed E-state index contributed by atoms with van der Waals surface area (Å²) >= 11 is 0. The van der Waals surface area contributed by atoms with Crippen molar-refractivity contribution < 1.29 is 23.6 Å². The molecule has 0 aromatic heterocycles. The molecule has 0 aliphatic carbocycles. The Balaban J connectivity index is 2.14. The van der Waals surface area contributed by atoms with E-state index in [1.165, 1.54) is 50.4 Å². The molecule has 2 aromatic carbocycles. The molecule has 0 fully saturated rings. The Bertz CT molecular complexity index is 766. The first kappa shape index (κ1) is 17.2. The molecule has 8 heteroatoms. The molecule has 0 saturated carbocycles. The highest BCUT2D eigenvalue weighted by Crippen LogP contribution is 2.31. The van der Waals surface area contributed by atoms with Crippen molar-refractivity contribution in [3.8, 4) is 11.5 Å². The van der Waals surface area contributed by atoms with Crippen LogP contribution >= 0.6 is 0 Å². The number of nitrogens with one attached hydrogen (secondary N) is 1. The molecule has 7 nitrogen and oxygen atoms in total. The summed E-state index contributed by atoms with van der Waals surface area (Å²) in [6.45, 7) is 1.41. The number of hydrogen-bond acceptors (Lipinski definition) is 5. The van der Waals surface area contributed by atoms with Crippen molar-refractivity contribution in [1.29, 1.82) is 0 Å². The highest BCUT2D eigenvalue weighted by Gasteiger charge is 2.22. The lowest BCUT2D eigenvalue weighted by molar-refractivity contribution is -0.386. The zero-order valence-corrected chi connectivity index (χ0v) is 13.0. The summed E-state index contributed by atoms with van der Waals surface area (Å²) in [5.41, 5.74) is -0.331. The minimum Gasteiger partial charge on any atom is -0.496 e. The molecule has 0 bridgehead atoms. The van der Waals surface area contributed by atoms with Crippen molar-refractivity contribution in [3.63, 3.8) is 0 Å². The summed E-state index contributed by atoms with van der Waals surface area (Å²) in [5, 5.41) is 13.5. The van der Waals surface area contributed by atoms with E-state index in [0.29, 0.717) is 0 Å². The molecule has 2 rings (SSSR count). The fourth-order valence-electron chi connectivity index (χ4n) is 1.91. The van der Waals surface area contributed by atoms with Crippen molar-refractivity contribution in [1.82, 2.24) is 0 Å². The molecule has 0 aliphatic rings. The maximum atomic E-state index is 13.5. The molecular weight excluding hydrogens is 319 g/mol. The maximum Gasteiger partial charge on any atom is 0.314 e. The predicted molar refractivity (Wildman–Crippen MR) is 84.8 cm³/mol. The summed E-state index contributed by atoms with van der Waals surface area (Å²) in [6, 6.07) is 9.67. The molecule has 24 heavy (non-hydrogen) atoms. The molecule has 0 saturated heterocycles. The molecule has 2 aromatic rings. The lowest BCUT2D eigenvalue weighted by Crippen LogP contribution is -2.30. The minimum atomic E-state index is -1.07. The van der Waals surface area contributed by atoms with E-state index in [1.54, 1.807) is 6.07 Å². The molecule has 0 radical (unpaired) electrons. The van der Waals surface area contributed by atoms with Crippen LogP contribution in [0.25, 0.3) is 0 Å². The van der Waals surface area contributed by atoms with Gasteiger partial charge in [-0.25, -0.2) is 4.39 Å². The van der Waals surface area contributed by atoms with Gasteiger partial charge in [0.15, 0.2) is 11.9 Å². The quantitative estimate of drug-likeness (QED) is 0.647. The number of para-hydroxylation sites is 1. The Morgan fingerprint density at radius 3 is 2.62 bits per heavy atom. The number of amides is 1. The smallest absolute Gasteiger partial charge is 0.314 e. The SMILES string of the molecule is COc1ccc(O[C@H](C)C(=O)Nc2ccccc2F)c([N+](=O)[O-])c1. The van der Waals surface area contributed by atoms with Crippen LogP contribution in [-0.2, 0) is 4.79 Å². The number of nitrogens with zero attached hydrogens (tertiary/aromatic N) is 1. The average molecular weight is 334 g/mol. The second-order valence-electron chi connectivity index (χ2n) is 4.82. The van der Waals surface area contributed by atoms with Crippen molar-refractivity contribution in [2.75, 3.05) is 12.4 Å². The van der Waals surface area contributed by atoms with Gasteiger partial charge in [0.25, 0.3) is 5.91 Å². The van der Waals surface area contributed by atoms with Crippen molar-refractivity contribution in [3.05, 3.63) is 58.4 Å². The van der Waals surface area contributed by atoms with Gasteiger partial charge in [0, 0.05) is 0 Å². The Morgan fingerprint density at radius 2 is 2.00 bits per heavy atom. The minimum absolute atomic E-state index is 0.00202. The number of hydrogen-bond donors (Lipinski definition) is 1. The van der Waals surface area contributed by atoms with Gasteiger partial charge in [-0.3, -0.25) is 14.9 Å². The molecule has 0 aliphatic heterocycles. The van der Waals surface area contributed by atoms with Gasteiger partial charge in [-0.15, -0.1) is 0 Å². The van der Waals surface area contributed by atoms with E-state index < -0.39 is 22.8 Å². The van der Waals surface area contributed by atoms with E-state index in [0.717, 1.165) is 0 Å². The van der Waals surface area contributed by atoms with Gasteiger partial charge in [0.05, 0.1) is 23.8 Å². The molecule has 1 N–H and O–H groups in total. The van der Waals surface area contributed by atoms with Crippen LogP contribution in [0.5, 0.6) is 11.5 Å². The first-order valence-corrected chi connectivity index (χ1v) is 6.97. The van der Waals surface area contributed by atoms with Crippen LogP contribution < -0.4 is 14.8 Å². The van der Waals surface area contributed by atoms with E-state index >= 15 is 0 Å². The fourth-order valence-corrected chi connectivity index (χ4v) is 1.91. The third-order valence-electron chi connectivity index (χ3n) is 3.17. The molecule has 0 unspecified atom stereocenters. The van der Waals surface area contributed by atoms with Gasteiger partial charge in [-0.05, 0) is 31.2 Å². The Hall–Kier alpha value is -3.16. The third-order valence-corrected chi connectivity index (χ3v) is 3.17. The molecular formula is C16H15FN2O5. The maximum absolute atomic E-state index is 13.5. The second kappa shape index (κ2) is 7.40. The molecule has 0 spiro atoms. The van der Waals surface area contributed by atoms with Crippen molar-refractivity contribution in [2.24, 2.45) is 0 Å². The Labute approximate surface area is 137 Å². The van der Waals surface area contributed by atoms with Gasteiger partial charge in [-0.2, -0.15) is 0 Å². The van der Waals surface area contributed by atoms with Crippen LogP contribution in [0.1, 0.15) is 6.92 Å². The summed E-state index contributed by atoms with van der Waals surface area (Å²) in [6.07, 6.45) is -1.07. The summed E-state index contributed by atoms with van der Waals surface area (Å²) in [7, 11) is 1.38. The number of carbonyl (C=O) groups excluding carboxylic acids is 1. The van der Waals surface area contributed by atoms with Crippen LogP contribution in [0, 0.1) is 15.9 Å². The number of rotatable bonds is 6. The van der Waals surface area contributed by atoms with Crippen LogP contribution in [0.3, 0.4) is 0 Å². The predicted octanol–water partition coefficient (Wildman–Crippen LogP) is 3.15. The van der Waals surface area contributed by atoms with Crippen LogP contribution in [0.4, 0.5) is 15.8 Å². The number of carbonyl (C=O) groups is 1. The summed E-state index contributed by atoms with van der Waals surface area (Å²) in [4.78, 5) is 22.5. The van der Waals surface area contributed by atoms with E-state index in [9.17, 15) is 19.3 Å². The van der Waals surface area contributed by atoms with Crippen LogP contribution in [0.15, 0.2) is 42.5 Å². The van der Waals surface area contributed by atoms with E-state index in [1.807, 2.05) is 0 Å². The number of halogens is 1. The lowest BCUT2D eigenvalue weighted by atomic mass is 10.2. The van der Waals surface area contributed by atoms with Crippen LogP contribution in [-0.4, -0.2) is 24.0 Å². The highest BCUT2D eigenvalue weighted by atomic mass is 19.1. The van der Waals surface area contributed by atoms with E-state index in [-0.39, 0.29) is 22.9 Å². The molecule has 0 heterocycles. The molecule has 126 valence electrons. The number of benzene rings is 2. The van der Waals surface area contributed by atoms with Crippen LogP contribution in [0.2, 0.25) is 0 Å². The highest BCUT2D eigenvalue weighted by molar-refractivity contribution is 5.94. The number of nitro groups is 1. The van der Waals surface area contributed by atoms with E-state index in [4.69, 9.17) is 9.47 Å². The first-order chi connectivity index (χ1) is 11.4. The fraction of sp³-hybridized carbons (Fsp3) is 0.188. The number of nitro benzene ring substituents is 1. The van der Waals surface area contributed by atoms with Gasteiger partial charge >= 0.3 is 5.69 Å².